The van der Waals surface area contributed by atoms with E-state index in [4.69, 9.17) is 0 Å². The molecule has 0 saturated heterocycles. The molecule has 1 atom stereocenters. The summed E-state index contributed by atoms with van der Waals surface area (Å²) < 4.78 is 24.8. The number of hydrogen-bond acceptors (Lipinski definition) is 4. The monoisotopic (exact) mass is 246 g/mol. The maximum atomic E-state index is 12.3. The highest BCUT2D eigenvalue weighted by Gasteiger charge is 2.16. The Morgan fingerprint density at radius 1 is 1.56 bits per heavy atom. The minimum Gasteiger partial charge on any atom is -0.555 e. The van der Waals surface area contributed by atoms with E-state index in [1.165, 1.54) is 12.1 Å². The Hall–Kier alpha value is -1.34. The number of nitro benzene ring substituents is 1. The van der Waals surface area contributed by atoms with Gasteiger partial charge in [-0.05, 0) is 24.5 Å². The fourth-order valence-electron chi connectivity index (χ4n) is 1.42. The van der Waals surface area contributed by atoms with Crippen molar-refractivity contribution < 1.29 is 13.4 Å². The van der Waals surface area contributed by atoms with Crippen LogP contribution in [0, 0.1) is 17.0 Å². The molecule has 1 aromatic carbocycles. The van der Waals surface area contributed by atoms with Crippen LogP contribution in [0.15, 0.2) is 12.1 Å². The number of aryl methyl sites for hydroxylation is 1. The highest BCUT2D eigenvalue weighted by atomic mass is 32.3. The van der Waals surface area contributed by atoms with Crippen LogP contribution < -0.4 is 4.72 Å². The van der Waals surface area contributed by atoms with Gasteiger partial charge in [-0.25, -0.2) is 0 Å². The summed E-state index contributed by atoms with van der Waals surface area (Å²) in [5, 5.41) is 10.6. The average molecular weight is 246 g/mol. The first kappa shape index (κ1) is 12.7. The van der Waals surface area contributed by atoms with Crippen LogP contribution in [0.4, 0.5) is 15.3 Å². The van der Waals surface area contributed by atoms with Crippen LogP contribution in [0.5, 0.6) is 0 Å². The van der Waals surface area contributed by atoms with Crippen molar-refractivity contribution in [2.24, 2.45) is 0 Å². The number of non-ortho nitro benzene ring substituents is 1. The molecule has 0 aliphatic rings. The van der Waals surface area contributed by atoms with E-state index >= 15 is 0 Å². The molecule has 0 amide bonds. The molecule has 1 N–H and O–H groups in total. The van der Waals surface area contributed by atoms with Crippen LogP contribution in [0.1, 0.15) is 18.1 Å². The minimum atomic E-state index is -2.73. The Labute approximate surface area is 95.4 Å². The molecule has 0 aromatic heterocycles. The number of rotatable bonds is 4. The lowest BCUT2D eigenvalue weighted by atomic mass is 10.0. The third-order valence-electron chi connectivity index (χ3n) is 2.28. The number of nitrogens with one attached hydrogen (secondary N) is 1. The second kappa shape index (κ2) is 5.13. The van der Waals surface area contributed by atoms with E-state index in [0.29, 0.717) is 12.0 Å². The van der Waals surface area contributed by atoms with Crippen LogP contribution in [0.2, 0.25) is 0 Å². The molecule has 0 spiro atoms. The fraction of sp³-hybridized carbons (Fsp3) is 0.333. The van der Waals surface area contributed by atoms with Gasteiger partial charge in [-0.15, -0.1) is 0 Å². The SMILES string of the molecule is CCc1cc([N+](=O)[O-])cc(N[S+]([O-])F)c1C. The van der Waals surface area contributed by atoms with Gasteiger partial charge in [0.05, 0.1) is 10.6 Å². The molecule has 1 unspecified atom stereocenters. The molecule has 0 aliphatic carbocycles. The molecule has 0 radical (unpaired) electrons. The second-order valence-electron chi connectivity index (χ2n) is 3.21. The van der Waals surface area contributed by atoms with E-state index < -0.39 is 16.7 Å². The van der Waals surface area contributed by atoms with Gasteiger partial charge >= 0.3 is 11.7 Å². The first-order valence-corrected chi connectivity index (χ1v) is 5.63. The summed E-state index contributed by atoms with van der Waals surface area (Å²) >= 11 is -2.73. The van der Waals surface area contributed by atoms with Gasteiger partial charge in [-0.3, -0.25) is 10.1 Å². The third-order valence-corrected chi connectivity index (χ3v) is 2.66. The van der Waals surface area contributed by atoms with Gasteiger partial charge in [0.2, 0.25) is 0 Å². The van der Waals surface area contributed by atoms with Crippen LogP contribution in [-0.2, 0) is 18.2 Å². The van der Waals surface area contributed by atoms with Gasteiger partial charge in [0, 0.05) is 16.0 Å². The maximum Gasteiger partial charge on any atom is 0.303 e. The molecular weight excluding hydrogens is 235 g/mol. The smallest absolute Gasteiger partial charge is 0.303 e. The molecule has 88 valence electrons. The Balaban J connectivity index is 3.24. The minimum absolute atomic E-state index is 0.143. The van der Waals surface area contributed by atoms with Crippen molar-refractivity contribution in [3.8, 4) is 0 Å². The molecule has 7 heteroatoms. The summed E-state index contributed by atoms with van der Waals surface area (Å²) in [6, 6.07) is 2.60. The van der Waals surface area contributed by atoms with Crippen molar-refractivity contribution in [3.63, 3.8) is 0 Å². The third kappa shape index (κ3) is 2.83. The number of nitrogens with zero attached hydrogens (tertiary/aromatic N) is 1. The van der Waals surface area contributed by atoms with E-state index in [2.05, 4.69) is 0 Å². The molecule has 0 fully saturated rings. The van der Waals surface area contributed by atoms with E-state index in [1.807, 2.05) is 11.6 Å². The van der Waals surface area contributed by atoms with Gasteiger partial charge in [0.25, 0.3) is 5.69 Å². The van der Waals surface area contributed by atoms with Gasteiger partial charge in [0.15, 0.2) is 0 Å². The average Bonchev–Trinajstić information content (AvgIpc) is 2.20. The van der Waals surface area contributed by atoms with E-state index in [0.717, 1.165) is 5.56 Å². The standard InChI is InChI=1S/C9H11FN2O3S/c1-3-7-4-8(12(13)14)5-9(6(7)2)11-16(10)15/h4-5,11H,3H2,1-2H3. The molecule has 0 aliphatic heterocycles. The van der Waals surface area contributed by atoms with E-state index in [9.17, 15) is 18.6 Å². The summed E-state index contributed by atoms with van der Waals surface area (Å²) in [4.78, 5) is 10.1. The predicted molar refractivity (Wildman–Crippen MR) is 60.1 cm³/mol. The Morgan fingerprint density at radius 2 is 2.19 bits per heavy atom. The quantitative estimate of drug-likeness (QED) is 0.502. The first-order chi connectivity index (χ1) is 7.45. The summed E-state index contributed by atoms with van der Waals surface area (Å²) in [7, 11) is 0. The number of anilines is 1. The second-order valence-corrected chi connectivity index (χ2v) is 3.86. The Kier molecular flexibility index (Phi) is 4.08. The lowest BCUT2D eigenvalue weighted by Crippen LogP contribution is -2.08. The van der Waals surface area contributed by atoms with Crippen LogP contribution in [0.3, 0.4) is 0 Å². The zero-order valence-electron chi connectivity index (χ0n) is 8.82. The summed E-state index contributed by atoms with van der Waals surface area (Å²) in [5.74, 6) is 0. The molecule has 0 bridgehead atoms. The fourth-order valence-corrected chi connectivity index (χ4v) is 1.81. The van der Waals surface area contributed by atoms with Crippen LogP contribution in [0.25, 0.3) is 0 Å². The lowest BCUT2D eigenvalue weighted by Gasteiger charge is -2.09. The zero-order valence-corrected chi connectivity index (χ0v) is 9.64. The van der Waals surface area contributed by atoms with Crippen molar-refractivity contribution >= 4 is 23.1 Å². The largest absolute Gasteiger partial charge is 0.555 e. The Bertz CT molecular complexity index is 412. The number of halogens is 1. The number of hydrogen-bond donors (Lipinski definition) is 1. The predicted octanol–water partition coefficient (Wildman–Crippen LogP) is 2.43. The van der Waals surface area contributed by atoms with Gasteiger partial charge in [-0.1, -0.05) is 6.92 Å². The highest BCUT2D eigenvalue weighted by molar-refractivity contribution is 7.87. The lowest BCUT2D eigenvalue weighted by molar-refractivity contribution is -0.384. The maximum absolute atomic E-state index is 12.3. The zero-order chi connectivity index (χ0) is 12.3. The topological polar surface area (TPSA) is 78.2 Å². The molecule has 5 nitrogen and oxygen atoms in total. The van der Waals surface area contributed by atoms with Crippen molar-refractivity contribution in [2.75, 3.05) is 4.72 Å². The summed E-state index contributed by atoms with van der Waals surface area (Å²) in [6.07, 6.45) is 0.584. The van der Waals surface area contributed by atoms with Gasteiger partial charge < -0.3 is 4.55 Å². The van der Waals surface area contributed by atoms with E-state index in [-0.39, 0.29) is 11.4 Å². The van der Waals surface area contributed by atoms with Gasteiger partial charge in [-0.2, -0.15) is 4.72 Å². The van der Waals surface area contributed by atoms with Crippen LogP contribution in [-0.4, -0.2) is 9.48 Å². The number of nitro groups is 1. The summed E-state index contributed by atoms with van der Waals surface area (Å²) in [6.45, 7) is 3.53. The summed E-state index contributed by atoms with van der Waals surface area (Å²) in [5.41, 5.74) is 1.43. The highest BCUT2D eigenvalue weighted by Crippen LogP contribution is 2.27. The molecular formula is C9H11FN2O3S. The van der Waals surface area contributed by atoms with Crippen molar-refractivity contribution in [3.05, 3.63) is 33.4 Å². The molecule has 0 saturated carbocycles. The first-order valence-electron chi connectivity index (χ1n) is 4.58. The normalized spacial score (nSPS) is 12.2. The van der Waals surface area contributed by atoms with Crippen molar-refractivity contribution in [2.45, 2.75) is 20.3 Å². The number of benzene rings is 1. The molecule has 1 aromatic rings. The Morgan fingerprint density at radius 3 is 2.62 bits per heavy atom. The van der Waals surface area contributed by atoms with Crippen molar-refractivity contribution in [1.29, 1.82) is 0 Å². The van der Waals surface area contributed by atoms with Crippen molar-refractivity contribution in [1.82, 2.24) is 0 Å². The molecule has 1 rings (SSSR count). The molecule has 0 heterocycles. The van der Waals surface area contributed by atoms with Gasteiger partial charge in [0.1, 0.15) is 0 Å². The molecule has 16 heavy (non-hydrogen) atoms. The van der Waals surface area contributed by atoms with Crippen LogP contribution >= 0.6 is 0 Å². The van der Waals surface area contributed by atoms with E-state index in [1.54, 1.807) is 6.92 Å².